The quantitative estimate of drug-likeness (QED) is 0.669. The number of fused-ring (bicyclic) bond motifs is 1. The average molecular weight is 411 g/mol. The van der Waals surface area contributed by atoms with Gasteiger partial charge >= 0.3 is 0 Å². The van der Waals surface area contributed by atoms with E-state index in [0.717, 1.165) is 26.2 Å². The molecule has 1 atom stereocenters. The van der Waals surface area contributed by atoms with Crippen LogP contribution in [0.3, 0.4) is 0 Å². The van der Waals surface area contributed by atoms with Crippen molar-refractivity contribution in [1.29, 1.82) is 0 Å². The molecule has 0 saturated carbocycles. The van der Waals surface area contributed by atoms with Crippen LogP contribution in [-0.2, 0) is 14.8 Å². The fourth-order valence-corrected chi connectivity index (χ4v) is 4.36. The van der Waals surface area contributed by atoms with Crippen molar-refractivity contribution in [2.45, 2.75) is 31.7 Å². The van der Waals surface area contributed by atoms with Gasteiger partial charge in [0, 0.05) is 7.05 Å². The van der Waals surface area contributed by atoms with Crippen LogP contribution >= 0.6 is 0 Å². The Morgan fingerprint density at radius 2 is 1.66 bits per heavy atom. The summed E-state index contributed by atoms with van der Waals surface area (Å²) in [4.78, 5) is 12.6. The summed E-state index contributed by atoms with van der Waals surface area (Å²) in [6, 6.07) is 18.4. The van der Waals surface area contributed by atoms with Crippen molar-refractivity contribution in [3.8, 4) is 0 Å². The molecule has 1 unspecified atom stereocenters. The molecule has 0 heterocycles. The van der Waals surface area contributed by atoms with Gasteiger partial charge < -0.3 is 5.32 Å². The van der Waals surface area contributed by atoms with Crippen LogP contribution in [0.1, 0.15) is 29.7 Å². The molecule has 0 fully saturated rings. The van der Waals surface area contributed by atoms with E-state index in [2.05, 4.69) is 5.32 Å². The Morgan fingerprint density at radius 1 is 0.966 bits per heavy atom. The first-order chi connectivity index (χ1) is 13.7. The second-order valence-electron chi connectivity index (χ2n) is 7.40. The largest absolute Gasteiger partial charge is 0.348 e. The van der Waals surface area contributed by atoms with Gasteiger partial charge in [0.15, 0.2) is 0 Å². The van der Waals surface area contributed by atoms with Gasteiger partial charge in [0.25, 0.3) is 0 Å². The average Bonchev–Trinajstić information content (AvgIpc) is 2.69. The summed E-state index contributed by atoms with van der Waals surface area (Å²) < 4.78 is 26.9. The van der Waals surface area contributed by atoms with Crippen LogP contribution in [0.2, 0.25) is 0 Å². The number of carbonyl (C=O) groups excluding carboxylic acids is 1. The van der Waals surface area contributed by atoms with Crippen LogP contribution < -0.4 is 5.32 Å². The van der Waals surface area contributed by atoms with Crippen LogP contribution in [0.5, 0.6) is 0 Å². The summed E-state index contributed by atoms with van der Waals surface area (Å²) in [5.41, 5.74) is 3.33. The van der Waals surface area contributed by atoms with Crippen LogP contribution in [0.4, 0.5) is 0 Å². The number of nitrogens with zero attached hydrogens (tertiary/aromatic N) is 1. The third-order valence-corrected chi connectivity index (χ3v) is 7.00. The van der Waals surface area contributed by atoms with Gasteiger partial charge in [-0.05, 0) is 60.4 Å². The van der Waals surface area contributed by atoms with Gasteiger partial charge in [0.05, 0.1) is 17.5 Å². The molecule has 0 aliphatic rings. The highest BCUT2D eigenvalue weighted by molar-refractivity contribution is 7.89. The third kappa shape index (κ3) is 4.66. The molecule has 3 rings (SSSR count). The van der Waals surface area contributed by atoms with Gasteiger partial charge in [0.1, 0.15) is 0 Å². The van der Waals surface area contributed by atoms with Crippen LogP contribution in [0.15, 0.2) is 65.6 Å². The van der Waals surface area contributed by atoms with E-state index in [9.17, 15) is 13.2 Å². The summed E-state index contributed by atoms with van der Waals surface area (Å²) >= 11 is 0. The van der Waals surface area contributed by atoms with Crippen molar-refractivity contribution in [3.63, 3.8) is 0 Å². The SMILES string of the molecule is Cc1ccc(C(C)NC(=O)CN(C)S(=O)(=O)c2ccc3ccccc3c2)cc1C. The maximum atomic E-state index is 12.9. The van der Waals surface area contributed by atoms with Crippen molar-refractivity contribution in [2.24, 2.45) is 0 Å². The molecule has 0 spiro atoms. The molecule has 0 saturated heterocycles. The normalized spacial score (nSPS) is 12.9. The Bertz CT molecular complexity index is 1160. The summed E-state index contributed by atoms with van der Waals surface area (Å²) in [5, 5.41) is 4.69. The number of sulfonamides is 1. The molecule has 0 aromatic heterocycles. The number of nitrogens with one attached hydrogen (secondary N) is 1. The Labute approximate surface area is 172 Å². The van der Waals surface area contributed by atoms with Crippen molar-refractivity contribution >= 4 is 26.7 Å². The molecule has 1 N–H and O–H groups in total. The number of rotatable bonds is 6. The number of hydrogen-bond acceptors (Lipinski definition) is 3. The van der Waals surface area contributed by atoms with E-state index in [4.69, 9.17) is 0 Å². The van der Waals surface area contributed by atoms with E-state index in [1.54, 1.807) is 18.2 Å². The molecular formula is C23H26N2O3S. The highest BCUT2D eigenvalue weighted by atomic mass is 32.2. The standard InChI is InChI=1S/C23H26N2O3S/c1-16-9-10-20(13-17(16)2)18(3)24-23(26)15-25(4)29(27,28)22-12-11-19-7-5-6-8-21(19)14-22/h5-14,18H,15H2,1-4H3,(H,24,26). The number of likely N-dealkylation sites (N-methyl/N-ethyl adjacent to an activating group) is 1. The predicted molar refractivity (Wildman–Crippen MR) is 116 cm³/mol. The van der Waals surface area contributed by atoms with Crippen LogP contribution in [-0.4, -0.2) is 32.2 Å². The molecule has 0 radical (unpaired) electrons. The highest BCUT2D eigenvalue weighted by Crippen LogP contribution is 2.21. The van der Waals surface area contributed by atoms with Crippen molar-refractivity contribution in [2.75, 3.05) is 13.6 Å². The molecule has 0 aliphatic carbocycles. The summed E-state index contributed by atoms with van der Waals surface area (Å²) in [6.07, 6.45) is 0. The Morgan fingerprint density at radius 3 is 2.34 bits per heavy atom. The molecule has 0 aliphatic heterocycles. The smallest absolute Gasteiger partial charge is 0.243 e. The lowest BCUT2D eigenvalue weighted by molar-refractivity contribution is -0.121. The lowest BCUT2D eigenvalue weighted by Gasteiger charge is -2.20. The van der Waals surface area contributed by atoms with Gasteiger partial charge in [0.2, 0.25) is 15.9 Å². The predicted octanol–water partition coefficient (Wildman–Crippen LogP) is 3.95. The number of carbonyl (C=O) groups is 1. The zero-order chi connectivity index (χ0) is 21.2. The van der Waals surface area contributed by atoms with Crippen LogP contribution in [0.25, 0.3) is 10.8 Å². The molecule has 1 amide bonds. The second kappa shape index (κ2) is 8.35. The van der Waals surface area contributed by atoms with Gasteiger partial charge in [-0.1, -0.05) is 48.5 Å². The lowest BCUT2D eigenvalue weighted by atomic mass is 10.0. The number of amides is 1. The monoisotopic (exact) mass is 410 g/mol. The summed E-state index contributed by atoms with van der Waals surface area (Å²) in [6.45, 7) is 5.70. The van der Waals surface area contributed by atoms with E-state index >= 15 is 0 Å². The summed E-state index contributed by atoms with van der Waals surface area (Å²) in [7, 11) is -2.34. The fourth-order valence-electron chi connectivity index (χ4n) is 3.20. The van der Waals surface area contributed by atoms with Crippen molar-refractivity contribution in [1.82, 2.24) is 9.62 Å². The van der Waals surface area contributed by atoms with Gasteiger partial charge in [-0.25, -0.2) is 8.42 Å². The Hall–Kier alpha value is -2.70. The molecule has 0 bridgehead atoms. The maximum absolute atomic E-state index is 12.9. The number of hydrogen-bond donors (Lipinski definition) is 1. The van der Waals surface area contributed by atoms with E-state index in [0.29, 0.717) is 0 Å². The first-order valence-electron chi connectivity index (χ1n) is 9.50. The van der Waals surface area contributed by atoms with Gasteiger partial charge in [-0.15, -0.1) is 0 Å². The lowest BCUT2D eigenvalue weighted by Crippen LogP contribution is -2.39. The molecular weight excluding hydrogens is 384 g/mol. The maximum Gasteiger partial charge on any atom is 0.243 e. The van der Waals surface area contributed by atoms with E-state index in [-0.39, 0.29) is 23.4 Å². The van der Waals surface area contributed by atoms with Crippen molar-refractivity contribution in [3.05, 3.63) is 77.4 Å². The zero-order valence-electron chi connectivity index (χ0n) is 17.1. The summed E-state index contributed by atoms with van der Waals surface area (Å²) in [5.74, 6) is -0.345. The minimum absolute atomic E-state index is 0.175. The van der Waals surface area contributed by atoms with Gasteiger partial charge in [-0.3, -0.25) is 4.79 Å². The highest BCUT2D eigenvalue weighted by Gasteiger charge is 2.24. The zero-order valence-corrected chi connectivity index (χ0v) is 18.0. The van der Waals surface area contributed by atoms with Crippen molar-refractivity contribution < 1.29 is 13.2 Å². The molecule has 152 valence electrons. The molecule has 3 aromatic rings. The first kappa shape index (κ1) is 21.0. The van der Waals surface area contributed by atoms with E-state index in [1.165, 1.54) is 12.6 Å². The molecule has 3 aromatic carbocycles. The minimum Gasteiger partial charge on any atom is -0.348 e. The van der Waals surface area contributed by atoms with E-state index in [1.807, 2.05) is 63.2 Å². The Balaban J connectivity index is 1.71. The third-order valence-electron chi connectivity index (χ3n) is 5.20. The number of aryl methyl sites for hydroxylation is 2. The Kier molecular flexibility index (Phi) is 6.05. The van der Waals surface area contributed by atoms with E-state index < -0.39 is 10.0 Å². The fraction of sp³-hybridized carbons (Fsp3) is 0.261. The molecule has 29 heavy (non-hydrogen) atoms. The number of benzene rings is 3. The first-order valence-corrected chi connectivity index (χ1v) is 10.9. The second-order valence-corrected chi connectivity index (χ2v) is 9.45. The topological polar surface area (TPSA) is 66.5 Å². The molecule has 5 nitrogen and oxygen atoms in total. The molecule has 6 heteroatoms. The minimum atomic E-state index is -3.77. The van der Waals surface area contributed by atoms with Gasteiger partial charge in [-0.2, -0.15) is 4.31 Å². The van der Waals surface area contributed by atoms with Crippen LogP contribution in [0, 0.1) is 13.8 Å².